The number of amides is 1. The van der Waals surface area contributed by atoms with Gasteiger partial charge in [-0.2, -0.15) is 0 Å². The normalized spacial score (nSPS) is 16.9. The number of aromatic amines is 1. The van der Waals surface area contributed by atoms with Crippen LogP contribution in [0, 0.1) is 13.8 Å². The molecular weight excluding hydrogens is 260 g/mol. The highest BCUT2D eigenvalue weighted by atomic mass is 16.1. The van der Waals surface area contributed by atoms with E-state index < -0.39 is 0 Å². The summed E-state index contributed by atoms with van der Waals surface area (Å²) in [5.74, 6) is 0.0695. The Morgan fingerprint density at radius 3 is 2.57 bits per heavy atom. The molecule has 1 aromatic carbocycles. The van der Waals surface area contributed by atoms with Crippen LogP contribution in [0.25, 0.3) is 10.9 Å². The summed E-state index contributed by atoms with van der Waals surface area (Å²) in [5, 5.41) is 4.30. The van der Waals surface area contributed by atoms with Crippen molar-refractivity contribution in [1.29, 1.82) is 0 Å². The lowest BCUT2D eigenvalue weighted by molar-refractivity contribution is 0.0935. The molecule has 1 fully saturated rings. The second-order valence-electron chi connectivity index (χ2n) is 6.37. The van der Waals surface area contributed by atoms with E-state index in [4.69, 9.17) is 0 Å². The van der Waals surface area contributed by atoms with E-state index in [2.05, 4.69) is 36.3 Å². The maximum Gasteiger partial charge on any atom is 0.253 e. The van der Waals surface area contributed by atoms with Gasteiger partial charge in [0.2, 0.25) is 0 Å². The lowest BCUT2D eigenvalue weighted by Gasteiger charge is -2.16. The average molecular weight is 284 g/mol. The van der Waals surface area contributed by atoms with Crippen LogP contribution in [0.2, 0.25) is 0 Å². The van der Waals surface area contributed by atoms with Crippen molar-refractivity contribution in [2.24, 2.45) is 0 Å². The minimum Gasteiger partial charge on any atom is -0.360 e. The Balaban J connectivity index is 1.84. The third-order valence-corrected chi connectivity index (χ3v) is 4.56. The van der Waals surface area contributed by atoms with E-state index in [1.807, 2.05) is 6.20 Å². The van der Waals surface area contributed by atoms with Gasteiger partial charge in [-0.25, -0.2) is 0 Å². The predicted octanol–water partition coefficient (Wildman–Crippen LogP) is 4.24. The molecule has 1 amide bonds. The maximum atomic E-state index is 12.6. The fraction of sp³-hybridized carbons (Fsp3) is 0.500. The first kappa shape index (κ1) is 14.2. The molecule has 0 atom stereocenters. The Kier molecular flexibility index (Phi) is 4.00. The van der Waals surface area contributed by atoms with Gasteiger partial charge in [-0.1, -0.05) is 31.7 Å². The zero-order chi connectivity index (χ0) is 14.8. The summed E-state index contributed by atoms with van der Waals surface area (Å²) in [6.07, 6.45) is 9.16. The Labute approximate surface area is 126 Å². The van der Waals surface area contributed by atoms with Crippen LogP contribution in [0.15, 0.2) is 18.3 Å². The second-order valence-corrected chi connectivity index (χ2v) is 6.37. The highest BCUT2D eigenvalue weighted by Crippen LogP contribution is 2.24. The van der Waals surface area contributed by atoms with Crippen molar-refractivity contribution in [2.45, 2.75) is 58.4 Å². The predicted molar refractivity (Wildman–Crippen MR) is 86.7 cm³/mol. The van der Waals surface area contributed by atoms with Crippen LogP contribution in [0.3, 0.4) is 0 Å². The Morgan fingerprint density at radius 2 is 1.86 bits per heavy atom. The molecule has 0 radical (unpaired) electrons. The van der Waals surface area contributed by atoms with E-state index in [1.54, 1.807) is 0 Å². The topological polar surface area (TPSA) is 44.9 Å². The van der Waals surface area contributed by atoms with Crippen LogP contribution in [0.4, 0.5) is 0 Å². The van der Waals surface area contributed by atoms with Gasteiger partial charge in [0.05, 0.1) is 5.56 Å². The number of benzene rings is 1. The van der Waals surface area contributed by atoms with Crippen LogP contribution in [-0.2, 0) is 0 Å². The minimum absolute atomic E-state index is 0.0695. The molecule has 0 aliphatic heterocycles. The summed E-state index contributed by atoms with van der Waals surface area (Å²) in [6.45, 7) is 4.16. The van der Waals surface area contributed by atoms with Gasteiger partial charge in [0, 0.05) is 23.1 Å². The van der Waals surface area contributed by atoms with E-state index in [9.17, 15) is 4.79 Å². The van der Waals surface area contributed by atoms with Crippen molar-refractivity contribution < 1.29 is 4.79 Å². The number of nitrogens with one attached hydrogen (secondary N) is 2. The highest BCUT2D eigenvalue weighted by Gasteiger charge is 2.19. The van der Waals surface area contributed by atoms with Crippen LogP contribution >= 0.6 is 0 Å². The number of hydrogen-bond donors (Lipinski definition) is 2. The number of hydrogen-bond acceptors (Lipinski definition) is 1. The molecule has 0 unspecified atom stereocenters. The van der Waals surface area contributed by atoms with Gasteiger partial charge in [-0.05, 0) is 43.9 Å². The smallest absolute Gasteiger partial charge is 0.253 e. The zero-order valence-corrected chi connectivity index (χ0v) is 13.0. The summed E-state index contributed by atoms with van der Waals surface area (Å²) >= 11 is 0. The Bertz CT molecular complexity index is 649. The molecule has 3 nitrogen and oxygen atoms in total. The largest absolute Gasteiger partial charge is 0.360 e. The standard InChI is InChI=1S/C18H24N2O/c1-12-9-13(2)17-15(11-19-16(17)10-12)18(21)20-14-7-5-3-4-6-8-14/h9-11,14,19H,3-8H2,1-2H3,(H,20,21). The SMILES string of the molecule is Cc1cc(C)c2c(C(=O)NC3CCCCCC3)c[nH]c2c1. The van der Waals surface area contributed by atoms with Crippen molar-refractivity contribution in [2.75, 3.05) is 0 Å². The monoisotopic (exact) mass is 284 g/mol. The summed E-state index contributed by atoms with van der Waals surface area (Å²) in [4.78, 5) is 15.8. The average Bonchev–Trinajstić information content (AvgIpc) is 2.69. The first-order valence-corrected chi connectivity index (χ1v) is 8.04. The lowest BCUT2D eigenvalue weighted by atomic mass is 10.0. The van der Waals surface area contributed by atoms with E-state index in [0.717, 1.165) is 34.9 Å². The molecule has 0 spiro atoms. The van der Waals surface area contributed by atoms with E-state index >= 15 is 0 Å². The zero-order valence-electron chi connectivity index (χ0n) is 13.0. The van der Waals surface area contributed by atoms with Crippen molar-refractivity contribution >= 4 is 16.8 Å². The molecule has 0 bridgehead atoms. The van der Waals surface area contributed by atoms with Gasteiger partial charge in [-0.15, -0.1) is 0 Å². The fourth-order valence-corrected chi connectivity index (χ4v) is 3.53. The minimum atomic E-state index is 0.0695. The maximum absolute atomic E-state index is 12.6. The first-order chi connectivity index (χ1) is 10.1. The number of fused-ring (bicyclic) bond motifs is 1. The Morgan fingerprint density at radius 1 is 1.14 bits per heavy atom. The molecule has 3 rings (SSSR count). The van der Waals surface area contributed by atoms with Gasteiger partial charge in [0.25, 0.3) is 5.91 Å². The summed E-state index contributed by atoms with van der Waals surface area (Å²) < 4.78 is 0. The molecule has 2 aromatic rings. The summed E-state index contributed by atoms with van der Waals surface area (Å²) in [7, 11) is 0. The molecule has 1 aromatic heterocycles. The fourth-order valence-electron chi connectivity index (χ4n) is 3.53. The third-order valence-electron chi connectivity index (χ3n) is 4.56. The number of carbonyl (C=O) groups is 1. The molecule has 2 N–H and O–H groups in total. The molecule has 3 heteroatoms. The van der Waals surface area contributed by atoms with E-state index in [0.29, 0.717) is 6.04 Å². The van der Waals surface area contributed by atoms with Crippen LogP contribution in [0.5, 0.6) is 0 Å². The van der Waals surface area contributed by atoms with E-state index in [1.165, 1.54) is 31.2 Å². The van der Waals surface area contributed by atoms with Crippen molar-refractivity contribution in [3.63, 3.8) is 0 Å². The summed E-state index contributed by atoms with van der Waals surface area (Å²) in [6, 6.07) is 4.58. The number of aromatic nitrogens is 1. The summed E-state index contributed by atoms with van der Waals surface area (Å²) in [5.41, 5.74) is 4.22. The van der Waals surface area contributed by atoms with Crippen LogP contribution in [-0.4, -0.2) is 16.9 Å². The Hall–Kier alpha value is -1.77. The second kappa shape index (κ2) is 5.92. The molecule has 1 heterocycles. The lowest BCUT2D eigenvalue weighted by Crippen LogP contribution is -2.34. The number of H-pyrrole nitrogens is 1. The quantitative estimate of drug-likeness (QED) is 0.796. The number of carbonyl (C=O) groups excluding carboxylic acids is 1. The first-order valence-electron chi connectivity index (χ1n) is 8.04. The molecule has 1 saturated carbocycles. The van der Waals surface area contributed by atoms with Gasteiger partial charge >= 0.3 is 0 Å². The third kappa shape index (κ3) is 2.97. The van der Waals surface area contributed by atoms with Gasteiger partial charge < -0.3 is 10.3 Å². The molecule has 1 aliphatic carbocycles. The highest BCUT2D eigenvalue weighted by molar-refractivity contribution is 6.08. The van der Waals surface area contributed by atoms with Crippen LogP contribution in [0.1, 0.15) is 60.0 Å². The van der Waals surface area contributed by atoms with Gasteiger partial charge in [-0.3, -0.25) is 4.79 Å². The number of rotatable bonds is 2. The van der Waals surface area contributed by atoms with Gasteiger partial charge in [0.1, 0.15) is 0 Å². The van der Waals surface area contributed by atoms with Crippen molar-refractivity contribution in [3.8, 4) is 0 Å². The molecule has 1 aliphatic rings. The van der Waals surface area contributed by atoms with Crippen molar-refractivity contribution in [1.82, 2.24) is 10.3 Å². The molecule has 21 heavy (non-hydrogen) atoms. The van der Waals surface area contributed by atoms with Gasteiger partial charge in [0.15, 0.2) is 0 Å². The molecule has 0 saturated heterocycles. The number of aryl methyl sites for hydroxylation is 2. The van der Waals surface area contributed by atoms with Crippen molar-refractivity contribution in [3.05, 3.63) is 35.0 Å². The molecular formula is C18H24N2O. The van der Waals surface area contributed by atoms with Crippen LogP contribution < -0.4 is 5.32 Å². The molecule has 112 valence electrons. The van der Waals surface area contributed by atoms with E-state index in [-0.39, 0.29) is 5.91 Å².